The first-order valence-corrected chi connectivity index (χ1v) is 6.10. The van der Waals surface area contributed by atoms with Gasteiger partial charge in [-0.15, -0.1) is 0 Å². The van der Waals surface area contributed by atoms with Crippen molar-refractivity contribution in [2.75, 3.05) is 12.4 Å². The van der Waals surface area contributed by atoms with E-state index in [0.717, 1.165) is 5.69 Å². The fourth-order valence-corrected chi connectivity index (χ4v) is 1.79. The molecule has 1 aromatic carbocycles. The van der Waals surface area contributed by atoms with Crippen LogP contribution in [0.2, 0.25) is 0 Å². The van der Waals surface area contributed by atoms with Gasteiger partial charge < -0.3 is 15.8 Å². The first-order valence-electron chi connectivity index (χ1n) is 6.10. The highest BCUT2D eigenvalue weighted by molar-refractivity contribution is 5.94. The van der Waals surface area contributed by atoms with Crippen LogP contribution >= 0.6 is 0 Å². The van der Waals surface area contributed by atoms with E-state index < -0.39 is 5.91 Å². The molecular weight excluding hydrogens is 256 g/mol. The van der Waals surface area contributed by atoms with Crippen molar-refractivity contribution in [3.8, 4) is 5.75 Å². The highest BCUT2D eigenvalue weighted by Gasteiger charge is 2.08. The second-order valence-electron chi connectivity index (χ2n) is 4.23. The molecule has 6 nitrogen and oxygen atoms in total. The number of rotatable bonds is 5. The third-order valence-corrected chi connectivity index (χ3v) is 2.78. The summed E-state index contributed by atoms with van der Waals surface area (Å²) in [5.41, 5.74) is 7.24. The Morgan fingerprint density at radius 3 is 2.85 bits per heavy atom. The van der Waals surface area contributed by atoms with E-state index in [1.165, 1.54) is 0 Å². The van der Waals surface area contributed by atoms with E-state index in [2.05, 4.69) is 15.3 Å². The Kier molecular flexibility index (Phi) is 4.14. The molecule has 6 heteroatoms. The number of aryl methyl sites for hydroxylation is 1. The van der Waals surface area contributed by atoms with E-state index in [9.17, 15) is 4.79 Å². The van der Waals surface area contributed by atoms with Gasteiger partial charge in [0.2, 0.25) is 5.91 Å². The van der Waals surface area contributed by atoms with Gasteiger partial charge >= 0.3 is 0 Å². The van der Waals surface area contributed by atoms with Crippen LogP contribution in [0.4, 0.5) is 5.69 Å². The molecule has 0 saturated heterocycles. The van der Waals surface area contributed by atoms with Crippen molar-refractivity contribution in [3.05, 3.63) is 47.5 Å². The summed E-state index contributed by atoms with van der Waals surface area (Å²) in [5, 5.41) is 3.18. The summed E-state index contributed by atoms with van der Waals surface area (Å²) in [5.74, 6) is 0.872. The molecule has 0 radical (unpaired) electrons. The second-order valence-corrected chi connectivity index (χ2v) is 4.23. The van der Waals surface area contributed by atoms with Crippen molar-refractivity contribution in [1.82, 2.24) is 9.97 Å². The first kappa shape index (κ1) is 13.8. The van der Waals surface area contributed by atoms with Gasteiger partial charge in [0.15, 0.2) is 0 Å². The lowest BCUT2D eigenvalue weighted by molar-refractivity contribution is 0.100. The molecular formula is C14H16N4O2. The molecule has 0 aliphatic rings. The van der Waals surface area contributed by atoms with Crippen molar-refractivity contribution in [3.63, 3.8) is 0 Å². The highest BCUT2D eigenvalue weighted by Crippen LogP contribution is 2.25. The number of ether oxygens (including phenoxy) is 1. The van der Waals surface area contributed by atoms with Crippen molar-refractivity contribution in [2.45, 2.75) is 13.5 Å². The Bertz CT molecular complexity index is 628. The number of primary amides is 1. The number of aromatic nitrogens is 2. The average Bonchev–Trinajstić information content (AvgIpc) is 2.44. The molecule has 0 saturated carbocycles. The summed E-state index contributed by atoms with van der Waals surface area (Å²) in [6.45, 7) is 2.33. The zero-order chi connectivity index (χ0) is 14.5. The second kappa shape index (κ2) is 6.01. The van der Waals surface area contributed by atoms with E-state index >= 15 is 0 Å². The number of benzene rings is 1. The summed E-state index contributed by atoms with van der Waals surface area (Å²) in [6, 6.07) is 6.81. The summed E-state index contributed by atoms with van der Waals surface area (Å²) in [7, 11) is 1.57. The number of anilines is 1. The third-order valence-electron chi connectivity index (χ3n) is 2.78. The summed E-state index contributed by atoms with van der Waals surface area (Å²) >= 11 is 0. The number of carbonyl (C=O) groups excluding carboxylic acids is 1. The summed E-state index contributed by atoms with van der Waals surface area (Å²) in [4.78, 5) is 19.5. The maximum atomic E-state index is 11.2. The van der Waals surface area contributed by atoms with Crippen LogP contribution in [0.3, 0.4) is 0 Å². The maximum Gasteiger partial charge on any atom is 0.248 e. The van der Waals surface area contributed by atoms with Crippen LogP contribution in [0.5, 0.6) is 5.75 Å². The van der Waals surface area contributed by atoms with E-state index in [4.69, 9.17) is 10.5 Å². The topological polar surface area (TPSA) is 90.1 Å². The fraction of sp³-hybridized carbons (Fsp3) is 0.214. The van der Waals surface area contributed by atoms with Crippen molar-refractivity contribution in [2.24, 2.45) is 5.73 Å². The summed E-state index contributed by atoms with van der Waals surface area (Å²) < 4.78 is 5.24. The van der Waals surface area contributed by atoms with E-state index in [-0.39, 0.29) is 0 Å². The maximum absolute atomic E-state index is 11.2. The molecule has 2 aromatic rings. The minimum absolute atomic E-state index is 0.423. The number of methoxy groups -OCH3 is 1. The minimum atomic E-state index is -0.478. The zero-order valence-electron chi connectivity index (χ0n) is 11.4. The van der Waals surface area contributed by atoms with Gasteiger partial charge in [0.25, 0.3) is 0 Å². The normalized spacial score (nSPS) is 10.1. The predicted octanol–water partition coefficient (Wildman–Crippen LogP) is 1.50. The molecule has 0 bridgehead atoms. The lowest BCUT2D eigenvalue weighted by atomic mass is 10.1. The van der Waals surface area contributed by atoms with Crippen LogP contribution in [0.1, 0.15) is 21.9 Å². The van der Waals surface area contributed by atoms with Gasteiger partial charge in [-0.25, -0.2) is 9.97 Å². The number of hydrogen-bond donors (Lipinski definition) is 2. The number of nitrogens with two attached hydrogens (primary N) is 1. The van der Waals surface area contributed by atoms with Crippen LogP contribution in [0.15, 0.2) is 30.5 Å². The minimum Gasteiger partial charge on any atom is -0.495 e. The number of carbonyl (C=O) groups is 1. The number of hydrogen-bond acceptors (Lipinski definition) is 5. The molecule has 2 rings (SSSR count). The predicted molar refractivity (Wildman–Crippen MR) is 75.6 cm³/mol. The first-order chi connectivity index (χ1) is 9.60. The Morgan fingerprint density at radius 1 is 1.40 bits per heavy atom. The molecule has 0 spiro atoms. The smallest absolute Gasteiger partial charge is 0.248 e. The SMILES string of the molecule is COc1ccc(C(N)=O)cc1NCc1ccnc(C)n1. The number of nitrogens with zero attached hydrogens (tertiary/aromatic N) is 2. The van der Waals surface area contributed by atoms with Crippen LogP contribution in [0.25, 0.3) is 0 Å². The highest BCUT2D eigenvalue weighted by atomic mass is 16.5. The lowest BCUT2D eigenvalue weighted by Crippen LogP contribution is -2.12. The molecule has 0 aliphatic carbocycles. The van der Waals surface area contributed by atoms with Crippen molar-refractivity contribution >= 4 is 11.6 Å². The average molecular weight is 272 g/mol. The van der Waals surface area contributed by atoms with Gasteiger partial charge in [-0.2, -0.15) is 0 Å². The van der Waals surface area contributed by atoms with Crippen molar-refractivity contribution in [1.29, 1.82) is 0 Å². The molecule has 104 valence electrons. The standard InChI is InChI=1S/C14H16N4O2/c1-9-16-6-5-11(18-9)8-17-12-7-10(14(15)19)3-4-13(12)20-2/h3-7,17H,8H2,1-2H3,(H2,15,19). The Labute approximate surface area is 117 Å². The molecule has 20 heavy (non-hydrogen) atoms. The molecule has 0 fully saturated rings. The monoisotopic (exact) mass is 272 g/mol. The lowest BCUT2D eigenvalue weighted by Gasteiger charge is -2.12. The van der Waals surface area contributed by atoms with Crippen LogP contribution in [-0.2, 0) is 6.54 Å². The summed E-state index contributed by atoms with van der Waals surface area (Å²) in [6.07, 6.45) is 1.70. The van der Waals surface area contributed by atoms with Gasteiger partial charge in [-0.05, 0) is 31.2 Å². The molecule has 1 aromatic heterocycles. The molecule has 3 N–H and O–H groups in total. The van der Waals surface area contributed by atoms with E-state index in [1.54, 1.807) is 31.5 Å². The Morgan fingerprint density at radius 2 is 2.20 bits per heavy atom. The van der Waals surface area contributed by atoms with Crippen molar-refractivity contribution < 1.29 is 9.53 Å². The quantitative estimate of drug-likeness (QED) is 0.861. The van der Waals surface area contributed by atoms with Gasteiger partial charge in [-0.1, -0.05) is 0 Å². The third kappa shape index (κ3) is 3.23. The molecule has 1 heterocycles. The molecule has 0 unspecified atom stereocenters. The van der Waals surface area contributed by atoms with E-state index in [1.807, 2.05) is 13.0 Å². The molecule has 1 amide bonds. The largest absolute Gasteiger partial charge is 0.495 e. The van der Waals surface area contributed by atoms with Gasteiger partial charge in [0, 0.05) is 11.8 Å². The van der Waals surface area contributed by atoms with E-state index in [0.29, 0.717) is 29.4 Å². The molecule has 0 aliphatic heterocycles. The number of amides is 1. The Balaban J connectivity index is 2.19. The van der Waals surface area contributed by atoms with Gasteiger partial charge in [0.1, 0.15) is 11.6 Å². The zero-order valence-corrected chi connectivity index (χ0v) is 11.4. The Hall–Kier alpha value is -2.63. The van der Waals surface area contributed by atoms with Gasteiger partial charge in [-0.3, -0.25) is 4.79 Å². The van der Waals surface area contributed by atoms with Crippen LogP contribution in [-0.4, -0.2) is 23.0 Å². The van der Waals surface area contributed by atoms with Gasteiger partial charge in [0.05, 0.1) is 25.0 Å². The fourth-order valence-electron chi connectivity index (χ4n) is 1.79. The number of nitrogens with one attached hydrogen (secondary N) is 1. The van der Waals surface area contributed by atoms with Crippen LogP contribution in [0, 0.1) is 6.92 Å². The molecule has 0 atom stereocenters. The van der Waals surface area contributed by atoms with Crippen LogP contribution < -0.4 is 15.8 Å².